The van der Waals surface area contributed by atoms with Gasteiger partial charge in [-0.1, -0.05) is 12.1 Å². The molecule has 102 valence electrons. The number of aryl methyl sites for hydroxylation is 1. The summed E-state index contributed by atoms with van der Waals surface area (Å²) in [6, 6.07) is 9.48. The summed E-state index contributed by atoms with van der Waals surface area (Å²) in [5.41, 5.74) is 2.41. The quantitative estimate of drug-likeness (QED) is 0.791. The van der Waals surface area contributed by atoms with E-state index in [4.69, 9.17) is 0 Å². The minimum atomic E-state index is -0.600. The zero-order valence-corrected chi connectivity index (χ0v) is 10.9. The van der Waals surface area contributed by atoms with Gasteiger partial charge >= 0.3 is 0 Å². The molecule has 0 bridgehead atoms. The number of hydrogen-bond donors (Lipinski definition) is 1. The third kappa shape index (κ3) is 2.11. The van der Waals surface area contributed by atoms with Crippen molar-refractivity contribution in [2.24, 2.45) is 0 Å². The molecule has 1 aromatic carbocycles. The third-order valence-electron chi connectivity index (χ3n) is 3.22. The molecule has 0 atom stereocenters. The average molecular weight is 273 g/mol. The molecule has 0 aliphatic rings. The number of nitrogens with one attached hydrogen (secondary N) is 1. The molecular formula is C15H13F2N3. The van der Waals surface area contributed by atoms with E-state index in [1.54, 1.807) is 0 Å². The number of rotatable bonds is 3. The zero-order valence-electron chi connectivity index (χ0n) is 10.9. The molecular weight excluding hydrogens is 260 g/mol. The first-order chi connectivity index (χ1) is 9.66. The Morgan fingerprint density at radius 3 is 2.60 bits per heavy atom. The van der Waals surface area contributed by atoms with Crippen LogP contribution in [-0.4, -0.2) is 9.38 Å². The number of imidazole rings is 1. The first-order valence-electron chi connectivity index (χ1n) is 6.27. The Bertz CT molecular complexity index is 745. The molecule has 0 amide bonds. The predicted molar refractivity (Wildman–Crippen MR) is 73.6 cm³/mol. The number of para-hydroxylation sites is 1. The van der Waals surface area contributed by atoms with Gasteiger partial charge in [0, 0.05) is 6.20 Å². The van der Waals surface area contributed by atoms with Gasteiger partial charge in [0.05, 0.1) is 17.9 Å². The van der Waals surface area contributed by atoms with Crippen molar-refractivity contribution in [2.75, 3.05) is 5.32 Å². The molecule has 0 spiro atoms. The smallest absolute Gasteiger partial charge is 0.149 e. The number of halogens is 2. The lowest BCUT2D eigenvalue weighted by atomic mass is 10.2. The van der Waals surface area contributed by atoms with Gasteiger partial charge in [0.2, 0.25) is 0 Å². The normalized spacial score (nSPS) is 10.9. The first-order valence-corrected chi connectivity index (χ1v) is 6.27. The van der Waals surface area contributed by atoms with E-state index in [0.717, 1.165) is 17.0 Å². The van der Waals surface area contributed by atoms with E-state index in [1.165, 1.54) is 18.2 Å². The van der Waals surface area contributed by atoms with Crippen LogP contribution in [0.5, 0.6) is 0 Å². The number of nitrogens with zero attached hydrogens (tertiary/aromatic N) is 2. The molecule has 3 aromatic rings. The molecule has 2 aromatic heterocycles. The fourth-order valence-corrected chi connectivity index (χ4v) is 2.22. The van der Waals surface area contributed by atoms with Crippen molar-refractivity contribution in [3.05, 3.63) is 65.6 Å². The number of fused-ring (bicyclic) bond motifs is 1. The molecule has 0 saturated carbocycles. The summed E-state index contributed by atoms with van der Waals surface area (Å²) < 4.78 is 29.0. The highest BCUT2D eigenvalue weighted by Crippen LogP contribution is 2.20. The van der Waals surface area contributed by atoms with Crippen LogP contribution in [0.4, 0.5) is 14.5 Å². The Morgan fingerprint density at radius 2 is 1.85 bits per heavy atom. The maximum atomic E-state index is 13.6. The van der Waals surface area contributed by atoms with Crippen LogP contribution in [0.2, 0.25) is 0 Å². The van der Waals surface area contributed by atoms with E-state index in [0.29, 0.717) is 6.54 Å². The maximum Gasteiger partial charge on any atom is 0.149 e. The van der Waals surface area contributed by atoms with Gasteiger partial charge < -0.3 is 9.72 Å². The van der Waals surface area contributed by atoms with E-state index in [9.17, 15) is 8.78 Å². The Labute approximate surface area is 114 Å². The zero-order chi connectivity index (χ0) is 14.1. The topological polar surface area (TPSA) is 29.3 Å². The minimum Gasteiger partial charge on any atom is -0.375 e. The van der Waals surface area contributed by atoms with Crippen molar-refractivity contribution < 1.29 is 8.78 Å². The van der Waals surface area contributed by atoms with Gasteiger partial charge in [-0.05, 0) is 31.2 Å². The van der Waals surface area contributed by atoms with Crippen LogP contribution < -0.4 is 5.32 Å². The highest BCUT2D eigenvalue weighted by molar-refractivity contribution is 5.48. The summed E-state index contributed by atoms with van der Waals surface area (Å²) in [5, 5.41) is 2.81. The summed E-state index contributed by atoms with van der Waals surface area (Å²) in [4.78, 5) is 4.41. The summed E-state index contributed by atoms with van der Waals surface area (Å²) in [6.45, 7) is 2.18. The molecule has 1 N–H and O–H groups in total. The molecule has 0 fully saturated rings. The fourth-order valence-electron chi connectivity index (χ4n) is 2.22. The van der Waals surface area contributed by atoms with Crippen molar-refractivity contribution in [2.45, 2.75) is 13.5 Å². The van der Waals surface area contributed by atoms with Gasteiger partial charge in [0.1, 0.15) is 23.0 Å². The third-order valence-corrected chi connectivity index (χ3v) is 3.22. The number of anilines is 1. The minimum absolute atomic E-state index is 0.113. The van der Waals surface area contributed by atoms with Crippen molar-refractivity contribution in [1.29, 1.82) is 0 Å². The molecule has 0 unspecified atom stereocenters. The molecule has 3 nitrogen and oxygen atoms in total. The first kappa shape index (κ1) is 12.6. The van der Waals surface area contributed by atoms with Crippen LogP contribution in [0.15, 0.2) is 42.6 Å². The standard InChI is InChI=1S/C15H13F2N3/c1-10-13(20-8-3-2-7-14(20)19-10)9-18-15-11(16)5-4-6-12(15)17/h2-8,18H,9H2,1H3. The van der Waals surface area contributed by atoms with Crippen LogP contribution in [0.1, 0.15) is 11.4 Å². The lowest BCUT2D eigenvalue weighted by Crippen LogP contribution is -2.07. The summed E-state index contributed by atoms with van der Waals surface area (Å²) in [7, 11) is 0. The van der Waals surface area contributed by atoms with Crippen LogP contribution in [0.25, 0.3) is 5.65 Å². The highest BCUT2D eigenvalue weighted by Gasteiger charge is 2.11. The van der Waals surface area contributed by atoms with E-state index in [1.807, 2.05) is 35.7 Å². The van der Waals surface area contributed by atoms with Crippen LogP contribution in [-0.2, 0) is 6.54 Å². The Kier molecular flexibility index (Phi) is 3.10. The fraction of sp³-hybridized carbons (Fsp3) is 0.133. The molecule has 0 aliphatic heterocycles. The Hall–Kier alpha value is -2.43. The second-order valence-corrected chi connectivity index (χ2v) is 4.52. The van der Waals surface area contributed by atoms with Gasteiger partial charge in [-0.2, -0.15) is 0 Å². The SMILES string of the molecule is Cc1nc2ccccn2c1CNc1c(F)cccc1F. The number of hydrogen-bond acceptors (Lipinski definition) is 2. The Balaban J connectivity index is 1.93. The van der Waals surface area contributed by atoms with E-state index >= 15 is 0 Å². The molecule has 5 heteroatoms. The van der Waals surface area contributed by atoms with Crippen LogP contribution in [0, 0.1) is 18.6 Å². The van der Waals surface area contributed by atoms with E-state index in [-0.39, 0.29) is 5.69 Å². The van der Waals surface area contributed by atoms with Gasteiger partial charge in [0.15, 0.2) is 0 Å². The van der Waals surface area contributed by atoms with Crippen LogP contribution in [0.3, 0.4) is 0 Å². The monoisotopic (exact) mass is 273 g/mol. The lowest BCUT2D eigenvalue weighted by Gasteiger charge is -2.09. The second-order valence-electron chi connectivity index (χ2n) is 4.52. The van der Waals surface area contributed by atoms with Gasteiger partial charge in [-0.15, -0.1) is 0 Å². The molecule has 0 radical (unpaired) electrons. The summed E-state index contributed by atoms with van der Waals surface area (Å²) >= 11 is 0. The predicted octanol–water partition coefficient (Wildman–Crippen LogP) is 3.53. The van der Waals surface area contributed by atoms with Crippen molar-refractivity contribution in [1.82, 2.24) is 9.38 Å². The van der Waals surface area contributed by atoms with Gasteiger partial charge in [-0.25, -0.2) is 13.8 Å². The van der Waals surface area contributed by atoms with Crippen LogP contribution >= 0.6 is 0 Å². The maximum absolute atomic E-state index is 13.6. The highest BCUT2D eigenvalue weighted by atomic mass is 19.1. The van der Waals surface area contributed by atoms with E-state index < -0.39 is 11.6 Å². The van der Waals surface area contributed by atoms with Gasteiger partial charge in [-0.3, -0.25) is 0 Å². The molecule has 0 aliphatic carbocycles. The number of benzene rings is 1. The largest absolute Gasteiger partial charge is 0.375 e. The second kappa shape index (κ2) is 4.92. The summed E-state index contributed by atoms with van der Waals surface area (Å²) in [5.74, 6) is -1.20. The molecule has 20 heavy (non-hydrogen) atoms. The number of pyridine rings is 1. The molecule has 0 saturated heterocycles. The van der Waals surface area contributed by atoms with E-state index in [2.05, 4.69) is 10.3 Å². The Morgan fingerprint density at radius 1 is 1.10 bits per heavy atom. The lowest BCUT2D eigenvalue weighted by molar-refractivity contribution is 0.587. The van der Waals surface area contributed by atoms with Gasteiger partial charge in [0.25, 0.3) is 0 Å². The summed E-state index contributed by atoms with van der Waals surface area (Å²) in [6.07, 6.45) is 1.88. The molecule has 2 heterocycles. The average Bonchev–Trinajstić information content (AvgIpc) is 2.74. The molecule has 3 rings (SSSR count). The van der Waals surface area contributed by atoms with Crippen molar-refractivity contribution in [3.8, 4) is 0 Å². The van der Waals surface area contributed by atoms with Crippen molar-refractivity contribution >= 4 is 11.3 Å². The van der Waals surface area contributed by atoms with Crippen molar-refractivity contribution in [3.63, 3.8) is 0 Å². The number of aromatic nitrogens is 2.